The first-order valence-corrected chi connectivity index (χ1v) is 2.84. The molecule has 0 aliphatic heterocycles. The van der Waals surface area contributed by atoms with Crippen molar-refractivity contribution in [3.63, 3.8) is 0 Å². The van der Waals surface area contributed by atoms with Gasteiger partial charge in [-0.15, -0.1) is 0 Å². The monoisotopic (exact) mass is 191 g/mol. The van der Waals surface area contributed by atoms with Crippen molar-refractivity contribution in [2.24, 2.45) is 0 Å². The van der Waals surface area contributed by atoms with Gasteiger partial charge >= 0.3 is 5.82 Å². The van der Waals surface area contributed by atoms with Crippen LogP contribution in [0.1, 0.15) is 0 Å². The Balaban J connectivity index is 3.08. The molecule has 0 amide bonds. The van der Waals surface area contributed by atoms with Gasteiger partial charge in [-0.1, -0.05) is 0 Å². The average Bonchev–Trinajstić information content (AvgIpc) is 2.13. The molecule has 0 aromatic carbocycles. The highest BCUT2D eigenvalue weighted by Gasteiger charge is 2.10. The minimum atomic E-state index is -0.545. The van der Waals surface area contributed by atoms with Gasteiger partial charge in [-0.2, -0.15) is 0 Å². The van der Waals surface area contributed by atoms with E-state index >= 15 is 0 Å². The fourth-order valence-electron chi connectivity index (χ4n) is 0.399. The van der Waals surface area contributed by atoms with Gasteiger partial charge < -0.3 is 10.1 Å². The highest BCUT2D eigenvalue weighted by atomic mass is 79.9. The Morgan fingerprint density at radius 2 is 2.56 bits per heavy atom. The van der Waals surface area contributed by atoms with E-state index in [4.69, 9.17) is 0 Å². The average molecular weight is 192 g/mol. The Hall–Kier alpha value is -0.910. The number of hydrogen-bond donors (Lipinski definition) is 1. The third kappa shape index (κ3) is 1.07. The van der Waals surface area contributed by atoms with E-state index in [2.05, 4.69) is 25.9 Å². The number of halogens is 1. The third-order valence-corrected chi connectivity index (χ3v) is 1.34. The Morgan fingerprint density at radius 3 is 2.78 bits per heavy atom. The van der Waals surface area contributed by atoms with E-state index in [1.165, 1.54) is 6.33 Å². The third-order valence-electron chi connectivity index (χ3n) is 0.757. The number of H-pyrrole nitrogens is 1. The SMILES string of the molecule is O=[N+]([O-])c1[nH]cnc1Br. The van der Waals surface area contributed by atoms with Crippen LogP contribution in [-0.2, 0) is 0 Å². The summed E-state index contributed by atoms with van der Waals surface area (Å²) in [5, 5.41) is 9.99. The predicted octanol–water partition coefficient (Wildman–Crippen LogP) is 1.08. The molecule has 0 aliphatic rings. The minimum absolute atomic E-state index is 0.116. The van der Waals surface area contributed by atoms with Gasteiger partial charge in [0.15, 0.2) is 6.33 Å². The maximum Gasteiger partial charge on any atom is 0.355 e. The molecular weight excluding hydrogens is 190 g/mol. The number of hydrogen-bond acceptors (Lipinski definition) is 3. The molecule has 1 aromatic heterocycles. The molecule has 0 aliphatic carbocycles. The lowest BCUT2D eigenvalue weighted by Crippen LogP contribution is -1.87. The van der Waals surface area contributed by atoms with Gasteiger partial charge in [-0.25, -0.2) is 9.97 Å². The van der Waals surface area contributed by atoms with E-state index in [1.807, 2.05) is 0 Å². The first kappa shape index (κ1) is 6.21. The first-order chi connectivity index (χ1) is 4.22. The zero-order chi connectivity index (χ0) is 6.85. The van der Waals surface area contributed by atoms with Gasteiger partial charge in [0.1, 0.15) is 0 Å². The van der Waals surface area contributed by atoms with Crippen molar-refractivity contribution in [2.75, 3.05) is 0 Å². The molecule has 1 N–H and O–H groups in total. The second-order valence-electron chi connectivity index (χ2n) is 1.30. The number of imidazole rings is 1. The Morgan fingerprint density at radius 1 is 1.89 bits per heavy atom. The number of rotatable bonds is 1. The zero-order valence-electron chi connectivity index (χ0n) is 4.17. The van der Waals surface area contributed by atoms with E-state index < -0.39 is 4.92 Å². The van der Waals surface area contributed by atoms with Crippen molar-refractivity contribution in [3.05, 3.63) is 21.0 Å². The molecule has 5 nitrogen and oxygen atoms in total. The highest BCUT2D eigenvalue weighted by Crippen LogP contribution is 2.17. The molecule has 0 saturated heterocycles. The van der Waals surface area contributed by atoms with E-state index in [0.717, 1.165) is 0 Å². The molecule has 0 unspecified atom stereocenters. The number of nitrogens with zero attached hydrogens (tertiary/aromatic N) is 2. The van der Waals surface area contributed by atoms with Crippen molar-refractivity contribution < 1.29 is 4.92 Å². The van der Waals surface area contributed by atoms with Gasteiger partial charge in [-0.05, 0) is 20.9 Å². The van der Waals surface area contributed by atoms with Crippen LogP contribution in [0.25, 0.3) is 0 Å². The van der Waals surface area contributed by atoms with Crippen LogP contribution in [0.5, 0.6) is 0 Å². The van der Waals surface area contributed by atoms with E-state index in [9.17, 15) is 10.1 Å². The maximum atomic E-state index is 9.99. The molecule has 0 atom stereocenters. The van der Waals surface area contributed by atoms with Crippen LogP contribution >= 0.6 is 15.9 Å². The normalized spacial score (nSPS) is 9.44. The standard InChI is InChI=1S/C3H2BrN3O2/c4-2-3(7(8)9)6-1-5-2/h1H,(H,5,6). The summed E-state index contributed by atoms with van der Waals surface area (Å²) < 4.78 is 0.229. The molecule has 48 valence electrons. The number of nitrogens with one attached hydrogen (secondary N) is 1. The molecule has 1 aromatic rings. The molecule has 0 bridgehead atoms. The van der Waals surface area contributed by atoms with Crippen molar-refractivity contribution in [1.82, 2.24) is 9.97 Å². The van der Waals surface area contributed by atoms with Gasteiger partial charge in [0, 0.05) is 0 Å². The zero-order valence-corrected chi connectivity index (χ0v) is 5.75. The molecular formula is C3H2BrN3O2. The summed E-state index contributed by atoms with van der Waals surface area (Å²) in [4.78, 5) is 15.3. The van der Waals surface area contributed by atoms with Crippen LogP contribution in [0.15, 0.2) is 10.9 Å². The Bertz CT molecular complexity index is 233. The lowest BCUT2D eigenvalue weighted by atomic mass is 10.8. The lowest BCUT2D eigenvalue weighted by Gasteiger charge is -1.86. The molecule has 0 fully saturated rings. The number of aromatic amines is 1. The van der Waals surface area contributed by atoms with Crippen LogP contribution < -0.4 is 0 Å². The van der Waals surface area contributed by atoms with Crippen LogP contribution in [0, 0.1) is 10.1 Å². The van der Waals surface area contributed by atoms with Crippen molar-refractivity contribution in [2.45, 2.75) is 0 Å². The first-order valence-electron chi connectivity index (χ1n) is 2.05. The molecule has 9 heavy (non-hydrogen) atoms. The van der Waals surface area contributed by atoms with Crippen LogP contribution in [-0.4, -0.2) is 14.9 Å². The van der Waals surface area contributed by atoms with Gasteiger partial charge in [-0.3, -0.25) is 0 Å². The molecule has 0 spiro atoms. The van der Waals surface area contributed by atoms with Crippen LogP contribution in [0.2, 0.25) is 0 Å². The quantitative estimate of drug-likeness (QED) is 0.534. The summed E-state index contributed by atoms with van der Waals surface area (Å²) in [6, 6.07) is 0. The summed E-state index contributed by atoms with van der Waals surface area (Å²) in [7, 11) is 0. The van der Waals surface area contributed by atoms with Crippen molar-refractivity contribution >= 4 is 21.7 Å². The van der Waals surface area contributed by atoms with Crippen LogP contribution in [0.3, 0.4) is 0 Å². The molecule has 1 rings (SSSR count). The van der Waals surface area contributed by atoms with Crippen molar-refractivity contribution in [1.29, 1.82) is 0 Å². The molecule has 6 heteroatoms. The number of aromatic nitrogens is 2. The fourth-order valence-corrected chi connectivity index (χ4v) is 0.760. The topological polar surface area (TPSA) is 71.8 Å². The largest absolute Gasteiger partial charge is 0.358 e. The summed E-state index contributed by atoms with van der Waals surface area (Å²) in [5.74, 6) is -0.116. The predicted molar refractivity (Wildman–Crippen MR) is 32.9 cm³/mol. The summed E-state index contributed by atoms with van der Waals surface area (Å²) >= 11 is 2.88. The summed E-state index contributed by atoms with van der Waals surface area (Å²) in [6.07, 6.45) is 1.25. The van der Waals surface area contributed by atoms with Crippen molar-refractivity contribution in [3.8, 4) is 0 Å². The summed E-state index contributed by atoms with van der Waals surface area (Å²) in [5.41, 5.74) is 0. The molecule has 0 radical (unpaired) electrons. The Labute approximate surface area is 58.4 Å². The summed E-state index contributed by atoms with van der Waals surface area (Å²) in [6.45, 7) is 0. The highest BCUT2D eigenvalue weighted by molar-refractivity contribution is 9.10. The van der Waals surface area contributed by atoms with E-state index in [-0.39, 0.29) is 10.4 Å². The second kappa shape index (κ2) is 2.14. The van der Waals surface area contributed by atoms with E-state index in [0.29, 0.717) is 0 Å². The Kier molecular flexibility index (Phi) is 1.48. The maximum absolute atomic E-state index is 9.99. The van der Waals surface area contributed by atoms with Gasteiger partial charge in [0.2, 0.25) is 4.60 Å². The molecule has 0 saturated carbocycles. The van der Waals surface area contributed by atoms with E-state index in [1.54, 1.807) is 0 Å². The fraction of sp³-hybridized carbons (Fsp3) is 0. The van der Waals surface area contributed by atoms with Crippen LogP contribution in [0.4, 0.5) is 5.82 Å². The smallest absolute Gasteiger partial charge is 0.355 e. The second-order valence-corrected chi connectivity index (χ2v) is 2.05. The number of nitro groups is 1. The molecule has 1 heterocycles. The minimum Gasteiger partial charge on any atom is -0.358 e. The van der Waals surface area contributed by atoms with Gasteiger partial charge in [0.05, 0.1) is 0 Å². The lowest BCUT2D eigenvalue weighted by molar-refractivity contribution is -0.390. The van der Waals surface area contributed by atoms with Gasteiger partial charge in [0.25, 0.3) is 0 Å².